The van der Waals surface area contributed by atoms with Gasteiger partial charge in [0.1, 0.15) is 5.75 Å². The van der Waals surface area contributed by atoms with Gasteiger partial charge in [0.2, 0.25) is 0 Å². The van der Waals surface area contributed by atoms with Crippen molar-refractivity contribution < 1.29 is 23.9 Å². The number of benzene rings is 1. The molecule has 1 aromatic carbocycles. The van der Waals surface area contributed by atoms with Gasteiger partial charge < -0.3 is 19.3 Å². The van der Waals surface area contributed by atoms with Gasteiger partial charge >= 0.3 is 6.16 Å². The molecule has 0 bridgehead atoms. The fourth-order valence-corrected chi connectivity index (χ4v) is 2.88. The van der Waals surface area contributed by atoms with E-state index in [4.69, 9.17) is 9.47 Å². The zero-order chi connectivity index (χ0) is 19.9. The lowest BCUT2D eigenvalue weighted by Crippen LogP contribution is -2.50. The molecule has 8 heteroatoms. The van der Waals surface area contributed by atoms with Crippen LogP contribution in [-0.2, 0) is 4.74 Å². The number of carbonyl (C=O) groups is 3. The molecule has 2 amide bonds. The van der Waals surface area contributed by atoms with Crippen LogP contribution in [0.3, 0.4) is 0 Å². The van der Waals surface area contributed by atoms with Crippen molar-refractivity contribution in [3.05, 3.63) is 59.9 Å². The maximum Gasteiger partial charge on any atom is 0.513 e. The predicted molar refractivity (Wildman–Crippen MR) is 100 cm³/mol. The number of nitrogens with zero attached hydrogens (tertiary/aromatic N) is 3. The first-order valence-corrected chi connectivity index (χ1v) is 9.01. The monoisotopic (exact) mass is 383 g/mol. The highest BCUT2D eigenvalue weighted by Gasteiger charge is 2.25. The van der Waals surface area contributed by atoms with Gasteiger partial charge in [-0.15, -0.1) is 0 Å². The molecule has 3 rings (SSSR count). The van der Waals surface area contributed by atoms with Crippen molar-refractivity contribution in [2.24, 2.45) is 0 Å². The maximum atomic E-state index is 12.7. The lowest BCUT2D eigenvalue weighted by Gasteiger charge is -2.34. The molecule has 0 spiro atoms. The van der Waals surface area contributed by atoms with Crippen LogP contribution in [0.25, 0.3) is 0 Å². The third-order valence-electron chi connectivity index (χ3n) is 4.33. The van der Waals surface area contributed by atoms with Gasteiger partial charge in [0.15, 0.2) is 0 Å². The molecule has 28 heavy (non-hydrogen) atoms. The van der Waals surface area contributed by atoms with Crippen molar-refractivity contribution in [1.82, 2.24) is 14.8 Å². The fraction of sp³-hybridized carbons (Fsp3) is 0.300. The number of aromatic nitrogens is 1. The molecule has 1 aromatic heterocycles. The number of rotatable bonds is 4. The first kappa shape index (κ1) is 19.3. The summed E-state index contributed by atoms with van der Waals surface area (Å²) in [7, 11) is 0. The molecule has 2 heterocycles. The van der Waals surface area contributed by atoms with Crippen LogP contribution in [-0.4, -0.2) is 65.5 Å². The van der Waals surface area contributed by atoms with E-state index in [1.54, 1.807) is 65.5 Å². The second-order valence-corrected chi connectivity index (χ2v) is 6.14. The summed E-state index contributed by atoms with van der Waals surface area (Å²) in [6.45, 7) is 3.74. The molecule has 1 fully saturated rings. The zero-order valence-corrected chi connectivity index (χ0v) is 15.5. The predicted octanol–water partition coefficient (Wildman–Crippen LogP) is 2.22. The highest BCUT2D eigenvalue weighted by Crippen LogP contribution is 2.16. The van der Waals surface area contributed by atoms with Crippen LogP contribution in [0.5, 0.6) is 5.75 Å². The van der Waals surface area contributed by atoms with Gasteiger partial charge in [0.25, 0.3) is 11.8 Å². The quantitative estimate of drug-likeness (QED) is 0.594. The molecule has 8 nitrogen and oxygen atoms in total. The molecule has 0 saturated carbocycles. The third kappa shape index (κ3) is 4.64. The Kier molecular flexibility index (Phi) is 6.21. The molecule has 0 aliphatic carbocycles. The van der Waals surface area contributed by atoms with Gasteiger partial charge in [-0.2, -0.15) is 0 Å². The van der Waals surface area contributed by atoms with E-state index in [1.165, 1.54) is 0 Å². The molecule has 0 radical (unpaired) electrons. The molecule has 1 aliphatic rings. The number of pyridine rings is 1. The minimum Gasteiger partial charge on any atom is -0.434 e. The summed E-state index contributed by atoms with van der Waals surface area (Å²) < 4.78 is 9.69. The SMILES string of the molecule is CCOC(=O)Oc1ccc(C(=O)N2CCN(C(=O)c3cccnc3)CC2)cc1. The van der Waals surface area contributed by atoms with Gasteiger partial charge in [-0.3, -0.25) is 14.6 Å². The summed E-state index contributed by atoms with van der Waals surface area (Å²) in [5, 5.41) is 0. The van der Waals surface area contributed by atoms with Crippen LogP contribution in [0.1, 0.15) is 27.6 Å². The number of amides is 2. The Morgan fingerprint density at radius 1 is 0.929 bits per heavy atom. The Labute approximate surface area is 162 Å². The minimum absolute atomic E-state index is 0.0827. The molecule has 2 aromatic rings. The molecule has 0 N–H and O–H groups in total. The topological polar surface area (TPSA) is 89.0 Å². The van der Waals surface area contributed by atoms with E-state index in [2.05, 4.69) is 4.98 Å². The van der Waals surface area contributed by atoms with Crippen molar-refractivity contribution in [1.29, 1.82) is 0 Å². The van der Waals surface area contributed by atoms with Crippen molar-refractivity contribution in [2.45, 2.75) is 6.92 Å². The second kappa shape index (κ2) is 8.98. The summed E-state index contributed by atoms with van der Waals surface area (Å²) in [5.74, 6) is 0.0960. The number of piperazine rings is 1. The molecule has 1 aliphatic heterocycles. The highest BCUT2D eigenvalue weighted by molar-refractivity contribution is 5.96. The van der Waals surface area contributed by atoms with E-state index in [0.717, 1.165) is 0 Å². The van der Waals surface area contributed by atoms with Crippen LogP contribution in [0.4, 0.5) is 4.79 Å². The van der Waals surface area contributed by atoms with E-state index < -0.39 is 6.16 Å². The largest absolute Gasteiger partial charge is 0.513 e. The molecule has 146 valence electrons. The molecular formula is C20H21N3O5. The standard InChI is InChI=1S/C20H21N3O5/c1-2-27-20(26)28-17-7-5-15(6-8-17)18(24)22-10-12-23(13-11-22)19(25)16-4-3-9-21-14-16/h3-9,14H,2,10-13H2,1H3. The van der Waals surface area contributed by atoms with Gasteiger partial charge in [-0.25, -0.2) is 4.79 Å². The van der Waals surface area contributed by atoms with Crippen LogP contribution < -0.4 is 4.74 Å². The number of carbonyl (C=O) groups excluding carboxylic acids is 3. The van der Waals surface area contributed by atoms with Crippen LogP contribution in [0.15, 0.2) is 48.8 Å². The second-order valence-electron chi connectivity index (χ2n) is 6.14. The minimum atomic E-state index is -0.781. The van der Waals surface area contributed by atoms with E-state index in [-0.39, 0.29) is 18.4 Å². The summed E-state index contributed by atoms with van der Waals surface area (Å²) in [5.41, 5.74) is 1.03. The Morgan fingerprint density at radius 2 is 1.54 bits per heavy atom. The van der Waals surface area contributed by atoms with Crippen molar-refractivity contribution >= 4 is 18.0 Å². The average Bonchev–Trinajstić information content (AvgIpc) is 2.74. The Morgan fingerprint density at radius 3 is 2.07 bits per heavy atom. The summed E-state index contributed by atoms with van der Waals surface area (Å²) >= 11 is 0. The van der Waals surface area contributed by atoms with Crippen LogP contribution in [0, 0.1) is 0 Å². The maximum absolute atomic E-state index is 12.7. The smallest absolute Gasteiger partial charge is 0.434 e. The van der Waals surface area contributed by atoms with Crippen molar-refractivity contribution in [3.8, 4) is 5.75 Å². The molecule has 0 atom stereocenters. The van der Waals surface area contributed by atoms with Crippen molar-refractivity contribution in [2.75, 3.05) is 32.8 Å². The van der Waals surface area contributed by atoms with E-state index in [0.29, 0.717) is 43.1 Å². The number of hydrogen-bond donors (Lipinski definition) is 0. The number of hydrogen-bond acceptors (Lipinski definition) is 6. The normalized spacial score (nSPS) is 13.8. The fourth-order valence-electron chi connectivity index (χ4n) is 2.88. The highest BCUT2D eigenvalue weighted by atomic mass is 16.7. The van der Waals surface area contributed by atoms with Gasteiger partial charge in [0.05, 0.1) is 12.2 Å². The first-order chi connectivity index (χ1) is 13.6. The molecule has 0 unspecified atom stereocenters. The lowest BCUT2D eigenvalue weighted by atomic mass is 10.1. The van der Waals surface area contributed by atoms with Gasteiger partial charge in [0, 0.05) is 44.1 Å². The molecular weight excluding hydrogens is 362 g/mol. The summed E-state index contributed by atoms with van der Waals surface area (Å²) in [4.78, 5) is 43.8. The summed E-state index contributed by atoms with van der Waals surface area (Å²) in [6.07, 6.45) is 2.38. The Balaban J connectivity index is 1.55. The Hall–Kier alpha value is -3.42. The molecule has 1 saturated heterocycles. The van der Waals surface area contributed by atoms with Crippen LogP contribution >= 0.6 is 0 Å². The lowest BCUT2D eigenvalue weighted by molar-refractivity contribution is 0.0535. The van der Waals surface area contributed by atoms with E-state index in [9.17, 15) is 14.4 Å². The number of ether oxygens (including phenoxy) is 2. The first-order valence-electron chi connectivity index (χ1n) is 9.01. The summed E-state index contributed by atoms with van der Waals surface area (Å²) in [6, 6.07) is 9.75. The van der Waals surface area contributed by atoms with E-state index in [1.807, 2.05) is 0 Å². The van der Waals surface area contributed by atoms with Gasteiger partial charge in [-0.1, -0.05) is 0 Å². The van der Waals surface area contributed by atoms with E-state index >= 15 is 0 Å². The average molecular weight is 383 g/mol. The Bertz CT molecular complexity index is 831. The van der Waals surface area contributed by atoms with Crippen LogP contribution in [0.2, 0.25) is 0 Å². The van der Waals surface area contributed by atoms with Crippen molar-refractivity contribution in [3.63, 3.8) is 0 Å². The van der Waals surface area contributed by atoms with Gasteiger partial charge in [-0.05, 0) is 43.3 Å². The third-order valence-corrected chi connectivity index (χ3v) is 4.33. The zero-order valence-electron chi connectivity index (χ0n) is 15.5.